The average molecular weight is 202 g/mol. The second-order valence-corrected chi connectivity index (χ2v) is 3.83. The summed E-state index contributed by atoms with van der Waals surface area (Å²) >= 11 is 1.98. The molecule has 0 amide bonds. The minimum Gasteiger partial charge on any atom is -0.301 e. The molecule has 3 heteroatoms. The Kier molecular flexibility index (Phi) is 3.92. The lowest BCUT2D eigenvalue weighted by atomic mass is 10.2. The molecule has 0 bridgehead atoms. The summed E-state index contributed by atoms with van der Waals surface area (Å²) in [6.07, 6.45) is 0. The SMILES string of the molecule is Cl.c1ccc(C2NCCS2)cc1. The quantitative estimate of drug-likeness (QED) is 0.749. The number of benzene rings is 1. The molecule has 12 heavy (non-hydrogen) atoms. The number of rotatable bonds is 1. The van der Waals surface area contributed by atoms with E-state index in [0.717, 1.165) is 6.54 Å². The van der Waals surface area contributed by atoms with Crippen LogP contribution in [0.2, 0.25) is 0 Å². The first kappa shape index (κ1) is 9.90. The standard InChI is InChI=1S/C9H11NS.ClH/c1-2-4-8(5-3-1)9-10-6-7-11-9;/h1-5,9-10H,6-7H2;1H. The van der Waals surface area contributed by atoms with E-state index < -0.39 is 0 Å². The Bertz CT molecular complexity index is 221. The van der Waals surface area contributed by atoms with Crippen LogP contribution in [0.5, 0.6) is 0 Å². The van der Waals surface area contributed by atoms with Crippen molar-refractivity contribution < 1.29 is 0 Å². The van der Waals surface area contributed by atoms with Crippen LogP contribution >= 0.6 is 24.2 Å². The van der Waals surface area contributed by atoms with E-state index in [1.807, 2.05) is 11.8 Å². The second kappa shape index (κ2) is 4.75. The molecule has 66 valence electrons. The molecule has 0 spiro atoms. The van der Waals surface area contributed by atoms with Crippen molar-refractivity contribution in [2.24, 2.45) is 0 Å². The summed E-state index contributed by atoms with van der Waals surface area (Å²) in [5.41, 5.74) is 1.40. The summed E-state index contributed by atoms with van der Waals surface area (Å²) < 4.78 is 0. The van der Waals surface area contributed by atoms with Gasteiger partial charge in [-0.3, -0.25) is 0 Å². The van der Waals surface area contributed by atoms with Gasteiger partial charge in [0, 0.05) is 12.3 Å². The number of thioether (sulfide) groups is 1. The van der Waals surface area contributed by atoms with Crippen LogP contribution in [0.4, 0.5) is 0 Å². The van der Waals surface area contributed by atoms with Gasteiger partial charge in [0.05, 0.1) is 5.37 Å². The van der Waals surface area contributed by atoms with Gasteiger partial charge in [0.1, 0.15) is 0 Å². The van der Waals surface area contributed by atoms with Gasteiger partial charge in [-0.15, -0.1) is 24.2 Å². The minimum absolute atomic E-state index is 0. The first-order chi connectivity index (χ1) is 5.47. The van der Waals surface area contributed by atoms with Gasteiger partial charge < -0.3 is 5.32 Å². The van der Waals surface area contributed by atoms with Crippen LogP contribution in [0.15, 0.2) is 30.3 Å². The molecule has 0 aliphatic carbocycles. The molecule has 1 nitrogen and oxygen atoms in total. The maximum Gasteiger partial charge on any atom is 0.0790 e. The van der Waals surface area contributed by atoms with Gasteiger partial charge in [-0.1, -0.05) is 30.3 Å². The van der Waals surface area contributed by atoms with Crippen molar-refractivity contribution in [3.63, 3.8) is 0 Å². The fraction of sp³-hybridized carbons (Fsp3) is 0.333. The maximum atomic E-state index is 3.44. The van der Waals surface area contributed by atoms with E-state index >= 15 is 0 Å². The Balaban J connectivity index is 0.000000720. The topological polar surface area (TPSA) is 12.0 Å². The maximum absolute atomic E-state index is 3.44. The van der Waals surface area contributed by atoms with Crippen LogP contribution < -0.4 is 5.32 Å². The van der Waals surface area contributed by atoms with Gasteiger partial charge in [0.15, 0.2) is 0 Å². The van der Waals surface area contributed by atoms with Crippen LogP contribution in [0.3, 0.4) is 0 Å². The Hall–Kier alpha value is -0.180. The Morgan fingerprint density at radius 1 is 1.25 bits per heavy atom. The molecule has 1 aromatic rings. The first-order valence-corrected chi connectivity index (χ1v) is 4.91. The minimum atomic E-state index is 0. The number of nitrogens with one attached hydrogen (secondary N) is 1. The summed E-state index contributed by atoms with van der Waals surface area (Å²) in [4.78, 5) is 0. The summed E-state index contributed by atoms with van der Waals surface area (Å²) in [7, 11) is 0. The van der Waals surface area contributed by atoms with Gasteiger partial charge in [0.25, 0.3) is 0 Å². The highest BCUT2D eigenvalue weighted by molar-refractivity contribution is 7.99. The van der Waals surface area contributed by atoms with Crippen LogP contribution in [0.25, 0.3) is 0 Å². The van der Waals surface area contributed by atoms with Gasteiger partial charge >= 0.3 is 0 Å². The number of hydrogen-bond donors (Lipinski definition) is 1. The molecule has 1 aromatic carbocycles. The molecule has 1 aliphatic heterocycles. The smallest absolute Gasteiger partial charge is 0.0790 e. The summed E-state index contributed by atoms with van der Waals surface area (Å²) in [5, 5.41) is 3.97. The lowest BCUT2D eigenvalue weighted by Crippen LogP contribution is -2.11. The van der Waals surface area contributed by atoms with Crippen molar-refractivity contribution in [3.05, 3.63) is 35.9 Å². The third kappa shape index (κ3) is 2.16. The zero-order valence-corrected chi connectivity index (χ0v) is 8.33. The fourth-order valence-corrected chi connectivity index (χ4v) is 2.32. The van der Waals surface area contributed by atoms with E-state index in [-0.39, 0.29) is 12.4 Å². The molecule has 0 radical (unpaired) electrons. The third-order valence-electron chi connectivity index (χ3n) is 1.82. The second-order valence-electron chi connectivity index (χ2n) is 2.62. The Morgan fingerprint density at radius 3 is 2.58 bits per heavy atom. The zero-order valence-electron chi connectivity index (χ0n) is 6.69. The highest BCUT2D eigenvalue weighted by Crippen LogP contribution is 2.29. The van der Waals surface area contributed by atoms with Gasteiger partial charge in [-0.05, 0) is 5.56 Å². The van der Waals surface area contributed by atoms with Gasteiger partial charge in [-0.25, -0.2) is 0 Å². The van der Waals surface area contributed by atoms with Crippen LogP contribution in [-0.4, -0.2) is 12.3 Å². The molecule has 1 saturated heterocycles. The Morgan fingerprint density at radius 2 is 2.00 bits per heavy atom. The normalized spacial score (nSPS) is 21.8. The monoisotopic (exact) mass is 201 g/mol. The lowest BCUT2D eigenvalue weighted by molar-refractivity contribution is 0.751. The van der Waals surface area contributed by atoms with Crippen LogP contribution in [-0.2, 0) is 0 Å². The Labute approximate surface area is 83.3 Å². The highest BCUT2D eigenvalue weighted by Gasteiger charge is 2.15. The van der Waals surface area contributed by atoms with E-state index in [9.17, 15) is 0 Å². The fourth-order valence-electron chi connectivity index (χ4n) is 1.27. The highest BCUT2D eigenvalue weighted by atomic mass is 35.5. The van der Waals surface area contributed by atoms with Crippen molar-refractivity contribution in [2.45, 2.75) is 5.37 Å². The number of hydrogen-bond acceptors (Lipinski definition) is 2. The molecular formula is C9H12ClNS. The molecule has 0 aromatic heterocycles. The molecule has 1 atom stereocenters. The van der Waals surface area contributed by atoms with E-state index in [4.69, 9.17) is 0 Å². The molecule has 1 unspecified atom stereocenters. The summed E-state index contributed by atoms with van der Waals surface area (Å²) in [6.45, 7) is 1.14. The summed E-state index contributed by atoms with van der Waals surface area (Å²) in [5.74, 6) is 1.24. The predicted molar refractivity (Wildman–Crippen MR) is 56.9 cm³/mol. The van der Waals surface area contributed by atoms with E-state index in [1.54, 1.807) is 0 Å². The molecule has 1 N–H and O–H groups in total. The predicted octanol–water partition coefficient (Wildman–Crippen LogP) is 2.44. The summed E-state index contributed by atoms with van der Waals surface area (Å²) in [6, 6.07) is 10.6. The van der Waals surface area contributed by atoms with Crippen molar-refractivity contribution in [3.8, 4) is 0 Å². The van der Waals surface area contributed by atoms with Crippen molar-refractivity contribution in [1.29, 1.82) is 0 Å². The van der Waals surface area contributed by atoms with E-state index in [2.05, 4.69) is 35.6 Å². The van der Waals surface area contributed by atoms with Crippen molar-refractivity contribution >= 4 is 24.2 Å². The van der Waals surface area contributed by atoms with Gasteiger partial charge in [0.2, 0.25) is 0 Å². The van der Waals surface area contributed by atoms with Crippen molar-refractivity contribution in [1.82, 2.24) is 5.32 Å². The van der Waals surface area contributed by atoms with Gasteiger partial charge in [-0.2, -0.15) is 0 Å². The molecule has 2 rings (SSSR count). The van der Waals surface area contributed by atoms with E-state index in [0.29, 0.717) is 5.37 Å². The molecule has 1 heterocycles. The average Bonchev–Trinajstić information content (AvgIpc) is 2.58. The number of halogens is 1. The third-order valence-corrected chi connectivity index (χ3v) is 3.03. The zero-order chi connectivity index (χ0) is 7.52. The van der Waals surface area contributed by atoms with Crippen molar-refractivity contribution in [2.75, 3.05) is 12.3 Å². The molecule has 1 fully saturated rings. The van der Waals surface area contributed by atoms with Crippen LogP contribution in [0, 0.1) is 0 Å². The largest absolute Gasteiger partial charge is 0.301 e. The van der Waals surface area contributed by atoms with E-state index in [1.165, 1.54) is 11.3 Å². The lowest BCUT2D eigenvalue weighted by Gasteiger charge is -2.08. The first-order valence-electron chi connectivity index (χ1n) is 3.87. The molecule has 1 aliphatic rings. The molecule has 0 saturated carbocycles. The van der Waals surface area contributed by atoms with Crippen LogP contribution in [0.1, 0.15) is 10.9 Å². The molecular weight excluding hydrogens is 190 g/mol.